The number of nitrogens with zero attached hydrogens (tertiary/aromatic N) is 4. The standard InChI is InChI=1S/C22H25N5OS/c1-16-6-8-18(9-7-16)21-23-24-22(29)27(21)15-20(28)26-12-10-25(11-13-26)19-5-3-4-17(2)14-19/h3-9,14H,10-13,15H2,1-2H3,(H,24,29). The molecule has 1 N–H and O–H groups in total. The normalized spacial score (nSPS) is 14.3. The van der Waals surface area contributed by atoms with Crippen LogP contribution in [0.1, 0.15) is 11.1 Å². The molecule has 6 nitrogen and oxygen atoms in total. The molecule has 2 heterocycles. The van der Waals surface area contributed by atoms with Gasteiger partial charge in [-0.3, -0.25) is 14.5 Å². The highest BCUT2D eigenvalue weighted by atomic mass is 32.1. The van der Waals surface area contributed by atoms with Crippen molar-refractivity contribution in [2.45, 2.75) is 20.4 Å². The molecule has 0 radical (unpaired) electrons. The van der Waals surface area contributed by atoms with Gasteiger partial charge < -0.3 is 9.80 Å². The predicted octanol–water partition coefficient (Wildman–Crippen LogP) is 3.57. The largest absolute Gasteiger partial charge is 0.368 e. The van der Waals surface area contributed by atoms with Crippen molar-refractivity contribution in [2.24, 2.45) is 0 Å². The minimum atomic E-state index is 0.0692. The molecule has 1 fully saturated rings. The maximum absolute atomic E-state index is 13.0. The third-order valence-corrected chi connectivity index (χ3v) is 5.67. The lowest BCUT2D eigenvalue weighted by Gasteiger charge is -2.36. The molecule has 1 aromatic heterocycles. The number of anilines is 1. The van der Waals surface area contributed by atoms with Crippen LogP contribution >= 0.6 is 12.2 Å². The summed E-state index contributed by atoms with van der Waals surface area (Å²) in [6.07, 6.45) is 0. The van der Waals surface area contributed by atoms with Gasteiger partial charge in [-0.1, -0.05) is 42.0 Å². The Bertz CT molecular complexity index is 1060. The highest BCUT2D eigenvalue weighted by Crippen LogP contribution is 2.20. The zero-order valence-electron chi connectivity index (χ0n) is 16.8. The van der Waals surface area contributed by atoms with Crippen LogP contribution in [0.25, 0.3) is 11.4 Å². The fourth-order valence-electron chi connectivity index (χ4n) is 3.66. The lowest BCUT2D eigenvalue weighted by Crippen LogP contribution is -2.49. The molecule has 1 amide bonds. The number of carbonyl (C=O) groups is 1. The van der Waals surface area contributed by atoms with Crippen molar-refractivity contribution in [2.75, 3.05) is 31.1 Å². The van der Waals surface area contributed by atoms with Gasteiger partial charge >= 0.3 is 0 Å². The zero-order chi connectivity index (χ0) is 20.4. The van der Waals surface area contributed by atoms with Crippen LogP contribution in [0.4, 0.5) is 5.69 Å². The number of carbonyl (C=O) groups excluding carboxylic acids is 1. The van der Waals surface area contributed by atoms with Gasteiger partial charge in [-0.25, -0.2) is 0 Å². The van der Waals surface area contributed by atoms with Crippen LogP contribution in [0, 0.1) is 18.6 Å². The minimum absolute atomic E-state index is 0.0692. The molecule has 0 bridgehead atoms. The first-order chi connectivity index (χ1) is 14.0. The minimum Gasteiger partial charge on any atom is -0.368 e. The van der Waals surface area contributed by atoms with Crippen molar-refractivity contribution < 1.29 is 4.79 Å². The molecule has 0 saturated carbocycles. The molecule has 0 unspecified atom stereocenters. The van der Waals surface area contributed by atoms with E-state index < -0.39 is 0 Å². The molecular formula is C22H25N5OS. The summed E-state index contributed by atoms with van der Waals surface area (Å²) in [4.78, 5) is 17.2. The van der Waals surface area contributed by atoms with Crippen molar-refractivity contribution in [1.82, 2.24) is 19.7 Å². The maximum atomic E-state index is 13.0. The van der Waals surface area contributed by atoms with E-state index in [0.29, 0.717) is 23.7 Å². The molecule has 0 atom stereocenters. The maximum Gasteiger partial charge on any atom is 0.242 e. The smallest absolute Gasteiger partial charge is 0.242 e. The fourth-order valence-corrected chi connectivity index (χ4v) is 3.86. The summed E-state index contributed by atoms with van der Waals surface area (Å²) in [7, 11) is 0. The zero-order valence-corrected chi connectivity index (χ0v) is 17.6. The first-order valence-corrected chi connectivity index (χ1v) is 10.2. The third-order valence-electron chi connectivity index (χ3n) is 5.36. The van der Waals surface area contributed by atoms with Crippen LogP contribution in [0.3, 0.4) is 0 Å². The number of amides is 1. The number of aryl methyl sites for hydroxylation is 2. The number of rotatable bonds is 4. The van der Waals surface area contributed by atoms with Gasteiger partial charge in [0, 0.05) is 37.4 Å². The van der Waals surface area contributed by atoms with Crippen molar-refractivity contribution in [3.63, 3.8) is 0 Å². The topological polar surface area (TPSA) is 57.2 Å². The van der Waals surface area contributed by atoms with Crippen LogP contribution in [0.2, 0.25) is 0 Å². The fraction of sp³-hybridized carbons (Fsp3) is 0.318. The van der Waals surface area contributed by atoms with E-state index >= 15 is 0 Å². The lowest BCUT2D eigenvalue weighted by molar-refractivity contribution is -0.132. The van der Waals surface area contributed by atoms with Gasteiger partial charge in [-0.15, -0.1) is 0 Å². The molecular weight excluding hydrogens is 382 g/mol. The second-order valence-corrected chi connectivity index (χ2v) is 7.90. The number of aromatic amines is 1. The van der Waals surface area contributed by atoms with E-state index in [1.54, 1.807) is 4.57 Å². The first kappa shape index (κ1) is 19.4. The Kier molecular flexibility index (Phi) is 5.49. The molecule has 3 aromatic rings. The average molecular weight is 408 g/mol. The molecule has 2 aromatic carbocycles. The van der Waals surface area contributed by atoms with Gasteiger partial charge in [-0.2, -0.15) is 5.10 Å². The Hall–Kier alpha value is -2.93. The molecule has 1 aliphatic rings. The lowest BCUT2D eigenvalue weighted by atomic mass is 10.1. The van der Waals surface area contributed by atoms with Crippen LogP contribution in [-0.2, 0) is 11.3 Å². The number of benzene rings is 2. The van der Waals surface area contributed by atoms with Crippen LogP contribution in [0.5, 0.6) is 0 Å². The number of piperazine rings is 1. The van der Waals surface area contributed by atoms with E-state index in [1.807, 2.05) is 36.1 Å². The van der Waals surface area contributed by atoms with Gasteiger partial charge in [0.15, 0.2) is 10.6 Å². The summed E-state index contributed by atoms with van der Waals surface area (Å²) < 4.78 is 2.25. The van der Waals surface area contributed by atoms with E-state index in [9.17, 15) is 4.79 Å². The van der Waals surface area contributed by atoms with Gasteiger partial charge in [0.1, 0.15) is 6.54 Å². The third kappa shape index (κ3) is 4.24. The summed E-state index contributed by atoms with van der Waals surface area (Å²) in [5, 5.41) is 7.17. The van der Waals surface area contributed by atoms with Crippen molar-refractivity contribution in [3.05, 3.63) is 64.4 Å². The van der Waals surface area contributed by atoms with E-state index in [1.165, 1.54) is 16.8 Å². The monoisotopic (exact) mass is 407 g/mol. The Labute approximate surface area is 175 Å². The van der Waals surface area contributed by atoms with E-state index in [4.69, 9.17) is 12.2 Å². The summed E-state index contributed by atoms with van der Waals surface area (Å²) in [6, 6.07) is 16.6. The summed E-state index contributed by atoms with van der Waals surface area (Å²) in [5.74, 6) is 0.765. The molecule has 0 aliphatic carbocycles. The van der Waals surface area contributed by atoms with E-state index in [2.05, 4.69) is 46.3 Å². The molecule has 150 valence electrons. The van der Waals surface area contributed by atoms with Crippen molar-refractivity contribution in [1.29, 1.82) is 0 Å². The van der Waals surface area contributed by atoms with Crippen LogP contribution in [0.15, 0.2) is 48.5 Å². The Morgan fingerprint density at radius 3 is 2.45 bits per heavy atom. The Balaban J connectivity index is 1.44. The number of nitrogens with one attached hydrogen (secondary N) is 1. The molecule has 4 rings (SSSR count). The summed E-state index contributed by atoms with van der Waals surface area (Å²) in [5.41, 5.74) is 4.59. The second-order valence-electron chi connectivity index (χ2n) is 7.51. The predicted molar refractivity (Wildman–Crippen MR) is 118 cm³/mol. The van der Waals surface area contributed by atoms with Gasteiger partial charge in [0.25, 0.3) is 0 Å². The first-order valence-electron chi connectivity index (χ1n) is 9.83. The summed E-state index contributed by atoms with van der Waals surface area (Å²) >= 11 is 5.38. The number of hydrogen-bond acceptors (Lipinski definition) is 4. The molecule has 7 heteroatoms. The Morgan fingerprint density at radius 2 is 1.76 bits per heavy atom. The van der Waals surface area contributed by atoms with Crippen LogP contribution < -0.4 is 4.90 Å². The number of aromatic nitrogens is 3. The average Bonchev–Trinajstić information content (AvgIpc) is 3.09. The highest BCUT2D eigenvalue weighted by Gasteiger charge is 2.23. The van der Waals surface area contributed by atoms with Crippen molar-refractivity contribution in [3.8, 4) is 11.4 Å². The number of hydrogen-bond donors (Lipinski definition) is 1. The summed E-state index contributed by atoms with van der Waals surface area (Å²) in [6.45, 7) is 7.41. The molecule has 1 saturated heterocycles. The Morgan fingerprint density at radius 1 is 1.03 bits per heavy atom. The quantitative estimate of drug-likeness (QED) is 0.672. The highest BCUT2D eigenvalue weighted by molar-refractivity contribution is 7.71. The second kappa shape index (κ2) is 8.21. The van der Waals surface area contributed by atoms with Gasteiger partial charge in [-0.05, 0) is 43.8 Å². The number of H-pyrrole nitrogens is 1. The van der Waals surface area contributed by atoms with E-state index in [0.717, 1.165) is 18.7 Å². The molecule has 29 heavy (non-hydrogen) atoms. The van der Waals surface area contributed by atoms with Crippen molar-refractivity contribution >= 4 is 23.8 Å². The van der Waals surface area contributed by atoms with Gasteiger partial charge in [0.05, 0.1) is 0 Å². The SMILES string of the molecule is Cc1ccc(-c2n[nH]c(=S)n2CC(=O)N2CCN(c3cccc(C)c3)CC2)cc1. The molecule has 1 aliphatic heterocycles. The van der Waals surface area contributed by atoms with Gasteiger partial charge in [0.2, 0.25) is 5.91 Å². The van der Waals surface area contributed by atoms with Crippen LogP contribution in [-0.4, -0.2) is 51.8 Å². The van der Waals surface area contributed by atoms with E-state index in [-0.39, 0.29) is 12.5 Å². The molecule has 0 spiro atoms.